The van der Waals surface area contributed by atoms with E-state index in [0.717, 1.165) is 28.7 Å². The fourth-order valence-electron chi connectivity index (χ4n) is 1.56. The molecule has 102 valence electrons. The van der Waals surface area contributed by atoms with Crippen LogP contribution in [0.5, 0.6) is 0 Å². The Balaban J connectivity index is 1.86. The van der Waals surface area contributed by atoms with Gasteiger partial charge in [-0.1, -0.05) is 44.2 Å². The molecule has 0 spiro atoms. The van der Waals surface area contributed by atoms with Crippen molar-refractivity contribution >= 4 is 16.5 Å². The smallest absolute Gasteiger partial charge is 0.205 e. The van der Waals surface area contributed by atoms with Gasteiger partial charge in [-0.2, -0.15) is 0 Å². The summed E-state index contributed by atoms with van der Waals surface area (Å²) in [7, 11) is 0. The summed E-state index contributed by atoms with van der Waals surface area (Å²) in [4.78, 5) is 0. The lowest BCUT2D eigenvalue weighted by Gasteiger charge is -2.12. The van der Waals surface area contributed by atoms with Crippen LogP contribution in [0.4, 0.5) is 9.52 Å². The predicted octanol–water partition coefficient (Wildman–Crippen LogP) is 3.63. The molecule has 19 heavy (non-hydrogen) atoms. The van der Waals surface area contributed by atoms with E-state index in [4.69, 9.17) is 0 Å². The van der Waals surface area contributed by atoms with E-state index in [-0.39, 0.29) is 11.2 Å². The zero-order chi connectivity index (χ0) is 13.9. The third-order valence-corrected chi connectivity index (χ3v) is 3.98. The Kier molecular flexibility index (Phi) is 4.14. The van der Waals surface area contributed by atoms with Crippen LogP contribution in [-0.2, 0) is 11.8 Å². The van der Waals surface area contributed by atoms with Crippen LogP contribution in [0.3, 0.4) is 0 Å². The summed E-state index contributed by atoms with van der Waals surface area (Å²) < 4.78 is 12.8. The average molecular weight is 279 g/mol. The van der Waals surface area contributed by atoms with Crippen LogP contribution in [-0.4, -0.2) is 16.7 Å². The molecule has 0 unspecified atom stereocenters. The van der Waals surface area contributed by atoms with E-state index in [1.165, 1.54) is 12.1 Å². The van der Waals surface area contributed by atoms with Gasteiger partial charge in [0.05, 0.1) is 0 Å². The molecule has 0 bridgehead atoms. The SMILES string of the molecule is CC(C)(C)c1nnc(NCCc2ccc(F)cc2)s1. The molecule has 0 saturated carbocycles. The van der Waals surface area contributed by atoms with E-state index in [9.17, 15) is 4.39 Å². The topological polar surface area (TPSA) is 37.8 Å². The van der Waals surface area contributed by atoms with E-state index in [2.05, 4.69) is 36.3 Å². The maximum atomic E-state index is 12.8. The minimum Gasteiger partial charge on any atom is -0.360 e. The van der Waals surface area contributed by atoms with Crippen LogP contribution in [0, 0.1) is 5.82 Å². The zero-order valence-electron chi connectivity index (χ0n) is 11.4. The highest BCUT2D eigenvalue weighted by atomic mass is 32.1. The standard InChI is InChI=1S/C14H18FN3S/c1-14(2,3)12-17-18-13(19-12)16-9-8-10-4-6-11(15)7-5-10/h4-7H,8-9H2,1-3H3,(H,16,18). The Morgan fingerprint density at radius 2 is 1.84 bits per heavy atom. The van der Waals surface area contributed by atoms with Crippen LogP contribution in [0.1, 0.15) is 31.3 Å². The van der Waals surface area contributed by atoms with Crippen molar-refractivity contribution in [2.45, 2.75) is 32.6 Å². The van der Waals surface area contributed by atoms with E-state index >= 15 is 0 Å². The minimum absolute atomic E-state index is 0.0363. The molecule has 3 nitrogen and oxygen atoms in total. The number of nitrogens with one attached hydrogen (secondary N) is 1. The van der Waals surface area contributed by atoms with E-state index in [0.29, 0.717) is 0 Å². The molecule has 0 fully saturated rings. The number of anilines is 1. The first kappa shape index (κ1) is 13.9. The highest BCUT2D eigenvalue weighted by Crippen LogP contribution is 2.27. The number of halogens is 1. The molecule has 0 aliphatic heterocycles. The van der Waals surface area contributed by atoms with Crippen LogP contribution < -0.4 is 5.32 Å². The highest BCUT2D eigenvalue weighted by molar-refractivity contribution is 7.15. The minimum atomic E-state index is -0.198. The van der Waals surface area contributed by atoms with Gasteiger partial charge in [0.25, 0.3) is 0 Å². The van der Waals surface area contributed by atoms with Gasteiger partial charge in [0.2, 0.25) is 5.13 Å². The molecule has 0 amide bonds. The Bertz CT molecular complexity index is 528. The van der Waals surface area contributed by atoms with Gasteiger partial charge in [0.1, 0.15) is 10.8 Å². The molecular weight excluding hydrogens is 261 g/mol. The van der Waals surface area contributed by atoms with Gasteiger partial charge in [-0.3, -0.25) is 0 Å². The molecule has 5 heteroatoms. The van der Waals surface area contributed by atoms with Crippen molar-refractivity contribution < 1.29 is 4.39 Å². The molecule has 1 aromatic heterocycles. The summed E-state index contributed by atoms with van der Waals surface area (Å²) in [5, 5.41) is 13.4. The number of hydrogen-bond acceptors (Lipinski definition) is 4. The molecule has 1 N–H and O–H groups in total. The van der Waals surface area contributed by atoms with Crippen molar-refractivity contribution in [1.29, 1.82) is 0 Å². The molecule has 1 aromatic carbocycles. The molecule has 0 aliphatic carbocycles. The largest absolute Gasteiger partial charge is 0.360 e. The molecule has 1 heterocycles. The van der Waals surface area contributed by atoms with Crippen molar-refractivity contribution in [2.75, 3.05) is 11.9 Å². The van der Waals surface area contributed by atoms with Gasteiger partial charge in [-0.15, -0.1) is 10.2 Å². The van der Waals surface area contributed by atoms with Gasteiger partial charge < -0.3 is 5.32 Å². The van der Waals surface area contributed by atoms with Crippen LogP contribution in [0.25, 0.3) is 0 Å². The monoisotopic (exact) mass is 279 g/mol. The van der Waals surface area contributed by atoms with E-state index in [1.807, 2.05) is 0 Å². The number of aromatic nitrogens is 2. The van der Waals surface area contributed by atoms with Gasteiger partial charge in [0, 0.05) is 12.0 Å². The second-order valence-corrected chi connectivity index (χ2v) is 6.44. The van der Waals surface area contributed by atoms with Gasteiger partial charge in [-0.25, -0.2) is 4.39 Å². The summed E-state index contributed by atoms with van der Waals surface area (Å²) in [6.45, 7) is 7.13. The van der Waals surface area contributed by atoms with E-state index < -0.39 is 0 Å². The third kappa shape index (κ3) is 3.99. The zero-order valence-corrected chi connectivity index (χ0v) is 12.2. The summed E-state index contributed by atoms with van der Waals surface area (Å²) >= 11 is 1.58. The predicted molar refractivity (Wildman–Crippen MR) is 77.2 cm³/mol. The van der Waals surface area contributed by atoms with Gasteiger partial charge in [0.15, 0.2) is 0 Å². The van der Waals surface area contributed by atoms with Gasteiger partial charge in [-0.05, 0) is 24.1 Å². The molecule has 2 rings (SSSR count). The number of nitrogens with zero attached hydrogens (tertiary/aromatic N) is 2. The fourth-order valence-corrected chi connectivity index (χ4v) is 2.39. The van der Waals surface area contributed by atoms with Gasteiger partial charge >= 0.3 is 0 Å². The van der Waals surface area contributed by atoms with Crippen molar-refractivity contribution in [3.63, 3.8) is 0 Å². The third-order valence-electron chi connectivity index (χ3n) is 2.67. The molecule has 0 aliphatic rings. The second-order valence-electron chi connectivity index (χ2n) is 5.47. The lowest BCUT2D eigenvalue weighted by atomic mass is 9.98. The van der Waals surface area contributed by atoms with Crippen LogP contribution in [0.2, 0.25) is 0 Å². The maximum absolute atomic E-state index is 12.8. The molecular formula is C14H18FN3S. The van der Waals surface area contributed by atoms with E-state index in [1.54, 1.807) is 23.5 Å². The number of rotatable bonds is 4. The quantitative estimate of drug-likeness (QED) is 0.928. The number of benzene rings is 1. The van der Waals surface area contributed by atoms with Crippen molar-refractivity contribution in [3.05, 3.63) is 40.7 Å². The van der Waals surface area contributed by atoms with Crippen molar-refractivity contribution in [1.82, 2.24) is 10.2 Å². The Morgan fingerprint density at radius 3 is 2.42 bits per heavy atom. The Morgan fingerprint density at radius 1 is 1.16 bits per heavy atom. The maximum Gasteiger partial charge on any atom is 0.205 e. The highest BCUT2D eigenvalue weighted by Gasteiger charge is 2.19. The summed E-state index contributed by atoms with van der Waals surface area (Å²) in [5.74, 6) is -0.198. The summed E-state index contributed by atoms with van der Waals surface area (Å²) in [5.41, 5.74) is 1.14. The van der Waals surface area contributed by atoms with Crippen molar-refractivity contribution in [2.24, 2.45) is 0 Å². The average Bonchev–Trinajstić information content (AvgIpc) is 2.80. The number of hydrogen-bond donors (Lipinski definition) is 1. The molecule has 0 radical (unpaired) electrons. The first-order valence-electron chi connectivity index (χ1n) is 6.27. The van der Waals surface area contributed by atoms with Crippen LogP contribution >= 0.6 is 11.3 Å². The molecule has 2 aromatic rings. The summed E-state index contributed by atoms with van der Waals surface area (Å²) in [6.07, 6.45) is 0.838. The first-order valence-corrected chi connectivity index (χ1v) is 7.09. The molecule has 0 saturated heterocycles. The Hall–Kier alpha value is -1.49. The molecule has 0 atom stereocenters. The normalized spacial score (nSPS) is 11.6. The second kappa shape index (κ2) is 5.65. The van der Waals surface area contributed by atoms with Crippen molar-refractivity contribution in [3.8, 4) is 0 Å². The Labute approximate surface area is 116 Å². The summed E-state index contributed by atoms with van der Waals surface area (Å²) in [6, 6.07) is 6.57. The fraction of sp³-hybridized carbons (Fsp3) is 0.429. The lowest BCUT2D eigenvalue weighted by molar-refractivity contribution is 0.578. The van der Waals surface area contributed by atoms with Crippen LogP contribution in [0.15, 0.2) is 24.3 Å². The first-order chi connectivity index (χ1) is 8.95. The lowest BCUT2D eigenvalue weighted by Crippen LogP contribution is -2.10.